The summed E-state index contributed by atoms with van der Waals surface area (Å²) in [6.45, 7) is 1.83. The first kappa shape index (κ1) is 12.0. The summed E-state index contributed by atoms with van der Waals surface area (Å²) in [5.41, 5.74) is 7.98. The van der Waals surface area contributed by atoms with E-state index in [0.29, 0.717) is 22.8 Å². The molecular weight excluding hydrogens is 232 g/mol. The number of carbonyl (C=O) groups is 1. The van der Waals surface area contributed by atoms with Crippen molar-refractivity contribution < 1.29 is 9.53 Å². The zero-order valence-corrected chi connectivity index (χ0v) is 10.2. The first-order valence-electron chi connectivity index (χ1n) is 5.37. The molecular formula is C12H14N4O2. The minimum atomic E-state index is -0.288. The second-order valence-corrected chi connectivity index (χ2v) is 3.85. The Morgan fingerprint density at radius 3 is 2.78 bits per heavy atom. The number of nitrogens with two attached hydrogens (primary N) is 1. The van der Waals surface area contributed by atoms with Crippen molar-refractivity contribution in [2.75, 3.05) is 18.2 Å². The molecule has 0 spiro atoms. The molecule has 1 heterocycles. The molecule has 1 aromatic carbocycles. The number of methoxy groups -OCH3 is 1. The SMILES string of the molecule is COc1ccc(NC(=O)c2cc(C)[nH]n2)cc1N. The molecule has 0 atom stereocenters. The molecule has 6 heteroatoms. The molecule has 0 saturated carbocycles. The third kappa shape index (κ3) is 2.42. The molecule has 0 bridgehead atoms. The maximum absolute atomic E-state index is 11.8. The van der Waals surface area contributed by atoms with Gasteiger partial charge >= 0.3 is 0 Å². The fourth-order valence-corrected chi connectivity index (χ4v) is 1.54. The van der Waals surface area contributed by atoms with E-state index < -0.39 is 0 Å². The van der Waals surface area contributed by atoms with Crippen LogP contribution in [0.2, 0.25) is 0 Å². The molecule has 18 heavy (non-hydrogen) atoms. The number of rotatable bonds is 3. The van der Waals surface area contributed by atoms with E-state index in [-0.39, 0.29) is 5.91 Å². The number of aromatic amines is 1. The molecule has 0 aliphatic rings. The van der Waals surface area contributed by atoms with Crippen LogP contribution in [0.5, 0.6) is 5.75 Å². The van der Waals surface area contributed by atoms with E-state index in [1.807, 2.05) is 6.92 Å². The Balaban J connectivity index is 2.14. The van der Waals surface area contributed by atoms with Crippen LogP contribution in [-0.2, 0) is 0 Å². The van der Waals surface area contributed by atoms with Gasteiger partial charge in [-0.1, -0.05) is 0 Å². The van der Waals surface area contributed by atoms with Gasteiger partial charge in [-0.15, -0.1) is 0 Å². The van der Waals surface area contributed by atoms with Crippen LogP contribution < -0.4 is 15.8 Å². The van der Waals surface area contributed by atoms with Crippen molar-refractivity contribution in [1.29, 1.82) is 0 Å². The highest BCUT2D eigenvalue weighted by molar-refractivity contribution is 6.03. The number of nitrogens with one attached hydrogen (secondary N) is 2. The van der Waals surface area contributed by atoms with Gasteiger partial charge in [-0.2, -0.15) is 5.10 Å². The molecule has 0 saturated heterocycles. The summed E-state index contributed by atoms with van der Waals surface area (Å²) in [6, 6.07) is 6.71. The number of aromatic nitrogens is 2. The van der Waals surface area contributed by atoms with Gasteiger partial charge in [-0.05, 0) is 31.2 Å². The maximum Gasteiger partial charge on any atom is 0.276 e. The monoisotopic (exact) mass is 246 g/mol. The van der Waals surface area contributed by atoms with Gasteiger partial charge in [-0.25, -0.2) is 0 Å². The fourth-order valence-electron chi connectivity index (χ4n) is 1.54. The van der Waals surface area contributed by atoms with Gasteiger partial charge in [-0.3, -0.25) is 9.89 Å². The van der Waals surface area contributed by atoms with Gasteiger partial charge in [0.05, 0.1) is 12.8 Å². The number of aryl methyl sites for hydroxylation is 1. The van der Waals surface area contributed by atoms with E-state index in [1.54, 1.807) is 24.3 Å². The summed E-state index contributed by atoms with van der Waals surface area (Å²) in [5, 5.41) is 9.29. The number of benzene rings is 1. The number of hydrogen-bond acceptors (Lipinski definition) is 4. The van der Waals surface area contributed by atoms with E-state index in [1.165, 1.54) is 7.11 Å². The number of anilines is 2. The highest BCUT2D eigenvalue weighted by atomic mass is 16.5. The van der Waals surface area contributed by atoms with Crippen molar-refractivity contribution in [1.82, 2.24) is 10.2 Å². The number of H-pyrrole nitrogens is 1. The topological polar surface area (TPSA) is 93.0 Å². The number of carbonyl (C=O) groups excluding carboxylic acids is 1. The van der Waals surface area contributed by atoms with Gasteiger partial charge < -0.3 is 15.8 Å². The van der Waals surface area contributed by atoms with Crippen LogP contribution in [0.4, 0.5) is 11.4 Å². The predicted octanol–water partition coefficient (Wildman–Crippen LogP) is 1.56. The summed E-state index contributed by atoms with van der Waals surface area (Å²) in [4.78, 5) is 11.8. The second-order valence-electron chi connectivity index (χ2n) is 3.85. The van der Waals surface area contributed by atoms with Crippen molar-refractivity contribution in [3.05, 3.63) is 35.7 Å². The highest BCUT2D eigenvalue weighted by Crippen LogP contribution is 2.24. The van der Waals surface area contributed by atoms with Crippen LogP contribution in [-0.4, -0.2) is 23.2 Å². The van der Waals surface area contributed by atoms with Crippen LogP contribution in [0.15, 0.2) is 24.3 Å². The largest absolute Gasteiger partial charge is 0.495 e. The molecule has 2 rings (SSSR count). The quantitative estimate of drug-likeness (QED) is 0.716. The second kappa shape index (κ2) is 4.79. The molecule has 4 N–H and O–H groups in total. The van der Waals surface area contributed by atoms with Crippen molar-refractivity contribution >= 4 is 17.3 Å². The molecule has 0 unspecified atom stereocenters. The molecule has 94 valence electrons. The highest BCUT2D eigenvalue weighted by Gasteiger charge is 2.10. The standard InChI is InChI=1S/C12H14N4O2/c1-7-5-10(16-15-7)12(17)14-8-3-4-11(18-2)9(13)6-8/h3-6H,13H2,1-2H3,(H,14,17)(H,15,16). The van der Waals surface area contributed by atoms with E-state index in [4.69, 9.17) is 10.5 Å². The lowest BCUT2D eigenvalue weighted by Gasteiger charge is -2.07. The average molecular weight is 246 g/mol. The summed E-state index contributed by atoms with van der Waals surface area (Å²) in [6.07, 6.45) is 0. The zero-order valence-electron chi connectivity index (χ0n) is 10.2. The Hall–Kier alpha value is -2.50. The van der Waals surface area contributed by atoms with E-state index in [2.05, 4.69) is 15.5 Å². The fraction of sp³-hybridized carbons (Fsp3) is 0.167. The van der Waals surface area contributed by atoms with Crippen molar-refractivity contribution in [3.63, 3.8) is 0 Å². The first-order valence-corrected chi connectivity index (χ1v) is 5.37. The normalized spacial score (nSPS) is 10.1. The summed E-state index contributed by atoms with van der Waals surface area (Å²) in [7, 11) is 1.54. The Morgan fingerprint density at radius 2 is 2.22 bits per heavy atom. The Bertz CT molecular complexity index is 577. The maximum atomic E-state index is 11.8. The predicted molar refractivity (Wildman–Crippen MR) is 68.7 cm³/mol. The molecule has 0 aliphatic carbocycles. The zero-order chi connectivity index (χ0) is 13.1. The van der Waals surface area contributed by atoms with Gasteiger partial charge in [0.2, 0.25) is 0 Å². The van der Waals surface area contributed by atoms with Crippen molar-refractivity contribution in [2.45, 2.75) is 6.92 Å². The number of nitrogens with zero attached hydrogens (tertiary/aromatic N) is 1. The van der Waals surface area contributed by atoms with Gasteiger partial charge in [0.15, 0.2) is 5.69 Å². The Labute approximate surface area is 104 Å². The lowest BCUT2D eigenvalue weighted by molar-refractivity contribution is 0.102. The van der Waals surface area contributed by atoms with Crippen molar-refractivity contribution in [3.8, 4) is 5.75 Å². The van der Waals surface area contributed by atoms with Crippen LogP contribution in [0.25, 0.3) is 0 Å². The molecule has 1 aromatic heterocycles. The third-order valence-electron chi connectivity index (χ3n) is 2.43. The van der Waals surface area contributed by atoms with Gasteiger partial charge in [0.25, 0.3) is 5.91 Å². The third-order valence-corrected chi connectivity index (χ3v) is 2.43. The lowest BCUT2D eigenvalue weighted by atomic mass is 10.2. The molecule has 0 aliphatic heterocycles. The van der Waals surface area contributed by atoms with Crippen LogP contribution in [0, 0.1) is 6.92 Å². The molecule has 6 nitrogen and oxygen atoms in total. The minimum absolute atomic E-state index is 0.288. The Morgan fingerprint density at radius 1 is 1.44 bits per heavy atom. The van der Waals surface area contributed by atoms with E-state index in [9.17, 15) is 4.79 Å². The average Bonchev–Trinajstić information content (AvgIpc) is 2.76. The van der Waals surface area contributed by atoms with E-state index in [0.717, 1.165) is 5.69 Å². The molecule has 0 fully saturated rings. The molecule has 1 amide bonds. The Kier molecular flexibility index (Phi) is 3.18. The minimum Gasteiger partial charge on any atom is -0.495 e. The number of amides is 1. The van der Waals surface area contributed by atoms with Crippen LogP contribution in [0.1, 0.15) is 16.2 Å². The van der Waals surface area contributed by atoms with E-state index >= 15 is 0 Å². The number of hydrogen-bond donors (Lipinski definition) is 3. The lowest BCUT2D eigenvalue weighted by Crippen LogP contribution is -2.12. The smallest absolute Gasteiger partial charge is 0.276 e. The molecule has 0 radical (unpaired) electrons. The van der Waals surface area contributed by atoms with Crippen molar-refractivity contribution in [2.24, 2.45) is 0 Å². The summed E-state index contributed by atoms with van der Waals surface area (Å²) >= 11 is 0. The van der Waals surface area contributed by atoms with Crippen LogP contribution in [0.3, 0.4) is 0 Å². The number of ether oxygens (including phenoxy) is 1. The molecule has 2 aromatic rings. The summed E-state index contributed by atoms with van der Waals surface area (Å²) in [5.74, 6) is 0.285. The summed E-state index contributed by atoms with van der Waals surface area (Å²) < 4.78 is 5.04. The van der Waals surface area contributed by atoms with Gasteiger partial charge in [0, 0.05) is 11.4 Å². The first-order chi connectivity index (χ1) is 8.60. The van der Waals surface area contributed by atoms with Crippen LogP contribution >= 0.6 is 0 Å². The number of nitrogen functional groups attached to an aromatic ring is 1. The van der Waals surface area contributed by atoms with Gasteiger partial charge in [0.1, 0.15) is 5.75 Å².